The van der Waals surface area contributed by atoms with Gasteiger partial charge in [-0.3, -0.25) is 0 Å². The van der Waals surface area contributed by atoms with E-state index in [2.05, 4.69) is 11.3 Å². The lowest BCUT2D eigenvalue weighted by molar-refractivity contribution is -0.141. The minimum absolute atomic E-state index is 0.0986. The van der Waals surface area contributed by atoms with E-state index in [9.17, 15) is 9.59 Å². The van der Waals surface area contributed by atoms with Crippen molar-refractivity contribution in [2.24, 2.45) is 5.41 Å². The van der Waals surface area contributed by atoms with Gasteiger partial charge in [-0.05, 0) is 13.8 Å². The van der Waals surface area contributed by atoms with Crippen molar-refractivity contribution in [1.82, 2.24) is 0 Å². The Morgan fingerprint density at radius 2 is 2.18 bits per heavy atom. The molecule has 0 N–H and O–H groups in total. The summed E-state index contributed by atoms with van der Waals surface area (Å²) in [6.45, 7) is 6.70. The first-order valence-electron chi connectivity index (χ1n) is 3.27. The van der Waals surface area contributed by atoms with Crippen LogP contribution in [0.1, 0.15) is 13.8 Å². The number of esters is 1. The van der Waals surface area contributed by atoms with Crippen molar-refractivity contribution in [2.45, 2.75) is 13.8 Å². The molecule has 0 amide bonds. The van der Waals surface area contributed by atoms with Gasteiger partial charge in [0, 0.05) is 6.08 Å². The Balaban J connectivity index is 3.78. The highest BCUT2D eigenvalue weighted by atomic mass is 16.5. The van der Waals surface area contributed by atoms with E-state index in [1.807, 2.05) is 0 Å². The van der Waals surface area contributed by atoms with Gasteiger partial charge in [0.15, 0.2) is 0 Å². The fraction of sp³-hybridized carbons (Fsp3) is 0.500. The van der Waals surface area contributed by atoms with Gasteiger partial charge in [-0.2, -0.15) is 0 Å². The van der Waals surface area contributed by atoms with Gasteiger partial charge < -0.3 is 9.53 Å². The van der Waals surface area contributed by atoms with E-state index in [0.717, 1.165) is 12.4 Å². The van der Waals surface area contributed by atoms with Crippen LogP contribution in [-0.4, -0.2) is 18.9 Å². The SMILES string of the molecule is C=CC(=O)OCC(C)(C)C=O. The van der Waals surface area contributed by atoms with Crippen LogP contribution in [0.3, 0.4) is 0 Å². The van der Waals surface area contributed by atoms with E-state index < -0.39 is 11.4 Å². The van der Waals surface area contributed by atoms with Crippen molar-refractivity contribution in [2.75, 3.05) is 6.61 Å². The van der Waals surface area contributed by atoms with Gasteiger partial charge in [0.25, 0.3) is 0 Å². The molecule has 0 saturated carbocycles. The molecule has 62 valence electrons. The van der Waals surface area contributed by atoms with Crippen LogP contribution >= 0.6 is 0 Å². The summed E-state index contributed by atoms with van der Waals surface area (Å²) in [6.07, 6.45) is 1.82. The van der Waals surface area contributed by atoms with Crippen LogP contribution in [0.15, 0.2) is 12.7 Å². The average molecular weight is 156 g/mol. The highest BCUT2D eigenvalue weighted by Crippen LogP contribution is 2.10. The largest absolute Gasteiger partial charge is 0.462 e. The summed E-state index contributed by atoms with van der Waals surface area (Å²) in [5.41, 5.74) is -0.599. The fourth-order valence-electron chi connectivity index (χ4n) is 0.350. The lowest BCUT2D eigenvalue weighted by Gasteiger charge is -2.15. The zero-order chi connectivity index (χ0) is 8.91. The van der Waals surface area contributed by atoms with Gasteiger partial charge in [0.2, 0.25) is 0 Å². The molecule has 0 aliphatic heterocycles. The van der Waals surface area contributed by atoms with Crippen molar-refractivity contribution in [3.05, 3.63) is 12.7 Å². The first-order chi connectivity index (χ1) is 5.02. The van der Waals surface area contributed by atoms with Crippen molar-refractivity contribution >= 4 is 12.3 Å². The van der Waals surface area contributed by atoms with E-state index in [4.69, 9.17) is 0 Å². The Labute approximate surface area is 66.0 Å². The summed E-state index contributed by atoms with van der Waals surface area (Å²) in [4.78, 5) is 20.8. The second-order valence-corrected chi connectivity index (χ2v) is 2.92. The predicted molar refractivity (Wildman–Crippen MR) is 41.0 cm³/mol. The standard InChI is InChI=1S/C8H12O3/c1-4-7(10)11-6-8(2,3)5-9/h4-5H,1,6H2,2-3H3. The van der Waals surface area contributed by atoms with E-state index >= 15 is 0 Å². The smallest absolute Gasteiger partial charge is 0.330 e. The van der Waals surface area contributed by atoms with Crippen LogP contribution < -0.4 is 0 Å². The molecule has 3 nitrogen and oxygen atoms in total. The molecule has 0 unspecified atom stereocenters. The normalized spacial score (nSPS) is 10.4. The van der Waals surface area contributed by atoms with Crippen molar-refractivity contribution in [3.8, 4) is 0 Å². The van der Waals surface area contributed by atoms with Gasteiger partial charge in [-0.15, -0.1) is 0 Å². The molecule has 3 heteroatoms. The first kappa shape index (κ1) is 9.88. The Morgan fingerprint density at radius 1 is 1.64 bits per heavy atom. The van der Waals surface area contributed by atoms with Gasteiger partial charge in [0.1, 0.15) is 12.9 Å². The first-order valence-corrected chi connectivity index (χ1v) is 3.27. The van der Waals surface area contributed by atoms with E-state index in [0.29, 0.717) is 0 Å². The summed E-state index contributed by atoms with van der Waals surface area (Å²) in [5.74, 6) is -0.500. The van der Waals surface area contributed by atoms with Crippen LogP contribution in [0.2, 0.25) is 0 Å². The quantitative estimate of drug-likeness (QED) is 0.345. The number of rotatable bonds is 4. The molecule has 11 heavy (non-hydrogen) atoms. The van der Waals surface area contributed by atoms with Gasteiger partial charge in [-0.1, -0.05) is 6.58 Å². The molecule has 0 heterocycles. The summed E-state index contributed by atoms with van der Waals surface area (Å²) < 4.78 is 4.66. The van der Waals surface area contributed by atoms with E-state index in [1.54, 1.807) is 13.8 Å². The van der Waals surface area contributed by atoms with Crippen molar-refractivity contribution in [3.63, 3.8) is 0 Å². The molecule has 0 aliphatic carbocycles. The van der Waals surface area contributed by atoms with Gasteiger partial charge in [0.05, 0.1) is 5.41 Å². The molecule has 0 aromatic rings. The second kappa shape index (κ2) is 3.91. The third kappa shape index (κ3) is 4.31. The van der Waals surface area contributed by atoms with Crippen LogP contribution in [0.25, 0.3) is 0 Å². The minimum atomic E-state index is -0.599. The summed E-state index contributed by atoms with van der Waals surface area (Å²) in [5, 5.41) is 0. The number of carbonyl (C=O) groups excluding carboxylic acids is 2. The predicted octanol–water partition coefficient (Wildman–Crippen LogP) is 0.941. The average Bonchev–Trinajstić information content (AvgIpc) is 2.00. The molecule has 0 spiro atoms. The molecular weight excluding hydrogens is 144 g/mol. The zero-order valence-corrected chi connectivity index (χ0v) is 6.79. The molecule has 0 aromatic heterocycles. The highest BCUT2D eigenvalue weighted by Gasteiger charge is 2.17. The van der Waals surface area contributed by atoms with Gasteiger partial charge in [-0.25, -0.2) is 4.79 Å². The number of ether oxygens (including phenoxy) is 1. The zero-order valence-electron chi connectivity index (χ0n) is 6.79. The van der Waals surface area contributed by atoms with Crippen LogP contribution in [0.5, 0.6) is 0 Å². The fourth-order valence-corrected chi connectivity index (χ4v) is 0.350. The molecule has 0 atom stereocenters. The van der Waals surface area contributed by atoms with Crippen LogP contribution in [-0.2, 0) is 14.3 Å². The van der Waals surface area contributed by atoms with Gasteiger partial charge >= 0.3 is 5.97 Å². The topological polar surface area (TPSA) is 43.4 Å². The molecule has 0 rings (SSSR count). The monoisotopic (exact) mass is 156 g/mol. The molecule has 0 radical (unpaired) electrons. The third-order valence-electron chi connectivity index (χ3n) is 1.07. The molecule has 0 fully saturated rings. The lowest BCUT2D eigenvalue weighted by Crippen LogP contribution is -2.22. The number of hydrogen-bond acceptors (Lipinski definition) is 3. The molecule has 0 aliphatic rings. The lowest BCUT2D eigenvalue weighted by atomic mass is 9.98. The summed E-state index contributed by atoms with van der Waals surface area (Å²) >= 11 is 0. The highest BCUT2D eigenvalue weighted by molar-refractivity contribution is 5.81. The number of aldehydes is 1. The Morgan fingerprint density at radius 3 is 2.55 bits per heavy atom. The molecule has 0 saturated heterocycles. The maximum atomic E-state index is 10.5. The molecular formula is C8H12O3. The number of hydrogen-bond donors (Lipinski definition) is 0. The van der Waals surface area contributed by atoms with Crippen LogP contribution in [0, 0.1) is 5.41 Å². The summed E-state index contributed by atoms with van der Waals surface area (Å²) in [7, 11) is 0. The molecule has 0 aromatic carbocycles. The number of carbonyl (C=O) groups is 2. The Hall–Kier alpha value is -1.12. The van der Waals surface area contributed by atoms with Crippen molar-refractivity contribution in [1.29, 1.82) is 0 Å². The Bertz CT molecular complexity index is 170. The maximum Gasteiger partial charge on any atom is 0.330 e. The molecule has 0 bridgehead atoms. The van der Waals surface area contributed by atoms with E-state index in [-0.39, 0.29) is 6.61 Å². The Kier molecular flexibility index (Phi) is 3.51. The van der Waals surface area contributed by atoms with Crippen LogP contribution in [0.4, 0.5) is 0 Å². The summed E-state index contributed by atoms with van der Waals surface area (Å²) in [6, 6.07) is 0. The minimum Gasteiger partial charge on any atom is -0.462 e. The van der Waals surface area contributed by atoms with E-state index in [1.165, 1.54) is 0 Å². The maximum absolute atomic E-state index is 10.5. The third-order valence-corrected chi connectivity index (χ3v) is 1.07. The van der Waals surface area contributed by atoms with Crippen molar-refractivity contribution < 1.29 is 14.3 Å². The second-order valence-electron chi connectivity index (χ2n) is 2.92.